The molecule has 0 aliphatic heterocycles. The fourth-order valence-electron chi connectivity index (χ4n) is 0.802. The van der Waals surface area contributed by atoms with Crippen molar-refractivity contribution in [3.63, 3.8) is 0 Å². The van der Waals surface area contributed by atoms with Crippen LogP contribution in [-0.4, -0.2) is 18.4 Å². The van der Waals surface area contributed by atoms with Crippen molar-refractivity contribution in [1.82, 2.24) is 0 Å². The van der Waals surface area contributed by atoms with Gasteiger partial charge in [-0.1, -0.05) is 0 Å². The van der Waals surface area contributed by atoms with Crippen LogP contribution in [0.25, 0.3) is 0 Å². The Labute approximate surface area is 102 Å². The number of hydrogen-bond donors (Lipinski definition) is 0. The van der Waals surface area contributed by atoms with Gasteiger partial charge in [0.25, 0.3) is 5.78 Å². The summed E-state index contributed by atoms with van der Waals surface area (Å²) in [6.45, 7) is 1.86. The summed E-state index contributed by atoms with van der Waals surface area (Å²) in [4.78, 5) is 22.6. The molecular weight excluding hydrogens is 336 g/mol. The van der Waals surface area contributed by atoms with Crippen LogP contribution in [0.3, 0.4) is 0 Å². The lowest BCUT2D eigenvalue weighted by molar-refractivity contribution is -0.137. The minimum Gasteiger partial charge on any atom is -0.460 e. The van der Waals surface area contributed by atoms with Crippen LogP contribution in [0.15, 0.2) is 13.6 Å². The number of thiophene rings is 1. The molecule has 0 bridgehead atoms. The number of ether oxygens (including phenoxy) is 1. The van der Waals surface area contributed by atoms with E-state index in [0.717, 1.165) is 3.79 Å². The van der Waals surface area contributed by atoms with Gasteiger partial charge in [0.15, 0.2) is 0 Å². The molecule has 0 aliphatic carbocycles. The summed E-state index contributed by atoms with van der Waals surface area (Å²) >= 11 is 7.76. The minimum absolute atomic E-state index is 0.202. The van der Waals surface area contributed by atoms with Crippen LogP contribution in [0.2, 0.25) is 0 Å². The number of ketones is 1. The van der Waals surface area contributed by atoms with E-state index in [4.69, 9.17) is 0 Å². The van der Waals surface area contributed by atoms with Crippen molar-refractivity contribution in [2.75, 3.05) is 6.61 Å². The number of Topliss-reactive ketones (excluding diaryl/α,β-unsaturated/α-hetero) is 1. The zero-order valence-corrected chi connectivity index (χ0v) is 11.2. The fraction of sp³-hybridized carbons (Fsp3) is 0.250. The second kappa shape index (κ2) is 5.04. The van der Waals surface area contributed by atoms with Crippen LogP contribution in [0.5, 0.6) is 0 Å². The van der Waals surface area contributed by atoms with Gasteiger partial charge in [0.05, 0.1) is 19.7 Å². The molecule has 3 nitrogen and oxygen atoms in total. The van der Waals surface area contributed by atoms with E-state index in [0.29, 0.717) is 9.35 Å². The normalized spacial score (nSPS) is 9.93. The Morgan fingerprint density at radius 2 is 2.14 bits per heavy atom. The highest BCUT2D eigenvalue weighted by atomic mass is 79.9. The van der Waals surface area contributed by atoms with Crippen molar-refractivity contribution in [1.29, 1.82) is 0 Å². The summed E-state index contributed by atoms with van der Waals surface area (Å²) in [6, 6.07) is 1.59. The van der Waals surface area contributed by atoms with Crippen LogP contribution in [0.4, 0.5) is 0 Å². The van der Waals surface area contributed by atoms with Crippen molar-refractivity contribution in [3.8, 4) is 0 Å². The van der Waals surface area contributed by atoms with Gasteiger partial charge < -0.3 is 4.74 Å². The molecule has 0 N–H and O–H groups in total. The average Bonchev–Trinajstić information content (AvgIpc) is 2.44. The number of carbonyl (C=O) groups excluding carboxylic acids is 2. The van der Waals surface area contributed by atoms with E-state index in [1.807, 2.05) is 0 Å². The first-order chi connectivity index (χ1) is 6.56. The third-order valence-electron chi connectivity index (χ3n) is 1.36. The van der Waals surface area contributed by atoms with Gasteiger partial charge in [-0.25, -0.2) is 4.79 Å². The van der Waals surface area contributed by atoms with Gasteiger partial charge in [0.1, 0.15) is 0 Å². The third-order valence-corrected chi connectivity index (χ3v) is 3.70. The standard InChI is InChI=1S/C8H6Br2O3S/c1-2-13-8(12)6(11)4-3-5(9)14-7(4)10/h3H,2H2,1H3. The molecule has 0 saturated carbocycles. The molecular formula is C8H6Br2O3S. The number of carbonyl (C=O) groups is 2. The number of halogens is 2. The molecule has 1 aromatic heterocycles. The molecule has 0 radical (unpaired) electrons. The summed E-state index contributed by atoms with van der Waals surface area (Å²) in [5.74, 6) is -1.45. The van der Waals surface area contributed by atoms with E-state index in [1.165, 1.54) is 11.3 Å². The molecule has 76 valence electrons. The van der Waals surface area contributed by atoms with Crippen LogP contribution in [0, 0.1) is 0 Å². The number of esters is 1. The lowest BCUT2D eigenvalue weighted by Crippen LogP contribution is -2.17. The van der Waals surface area contributed by atoms with E-state index >= 15 is 0 Å². The minimum atomic E-state index is -0.821. The molecule has 0 spiro atoms. The van der Waals surface area contributed by atoms with Gasteiger partial charge in [-0.3, -0.25) is 4.79 Å². The molecule has 0 fully saturated rings. The second-order valence-corrected chi connectivity index (χ2v) is 6.04. The highest BCUT2D eigenvalue weighted by molar-refractivity contribution is 9.12. The van der Waals surface area contributed by atoms with Crippen molar-refractivity contribution in [2.45, 2.75) is 6.92 Å². The Hall–Kier alpha value is -0.200. The van der Waals surface area contributed by atoms with Crippen molar-refractivity contribution in [2.24, 2.45) is 0 Å². The summed E-state index contributed by atoms with van der Waals surface area (Å²) in [7, 11) is 0. The summed E-state index contributed by atoms with van der Waals surface area (Å²) in [5.41, 5.74) is 0.334. The van der Waals surface area contributed by atoms with E-state index < -0.39 is 11.8 Å². The molecule has 1 rings (SSSR count). The number of hydrogen-bond acceptors (Lipinski definition) is 4. The lowest BCUT2D eigenvalue weighted by Gasteiger charge is -1.98. The predicted octanol–water partition coefficient (Wildman–Crippen LogP) is 3.02. The maximum atomic E-state index is 11.5. The fourth-order valence-corrected chi connectivity index (χ4v) is 3.60. The molecule has 0 atom stereocenters. The Bertz CT molecular complexity index is 373. The molecule has 1 heterocycles. The maximum Gasteiger partial charge on any atom is 0.379 e. The van der Waals surface area contributed by atoms with Crippen molar-refractivity contribution < 1.29 is 14.3 Å². The van der Waals surface area contributed by atoms with Crippen molar-refractivity contribution >= 4 is 54.9 Å². The zero-order valence-electron chi connectivity index (χ0n) is 7.17. The first-order valence-electron chi connectivity index (χ1n) is 3.72. The topological polar surface area (TPSA) is 43.4 Å². The molecule has 1 aromatic rings. The largest absolute Gasteiger partial charge is 0.460 e. The Morgan fingerprint density at radius 1 is 1.50 bits per heavy atom. The highest BCUT2D eigenvalue weighted by Crippen LogP contribution is 2.32. The van der Waals surface area contributed by atoms with Gasteiger partial charge in [-0.2, -0.15) is 0 Å². The maximum absolute atomic E-state index is 11.5. The van der Waals surface area contributed by atoms with Crippen LogP contribution in [0.1, 0.15) is 17.3 Å². The smallest absolute Gasteiger partial charge is 0.379 e. The summed E-state index contributed by atoms with van der Waals surface area (Å²) < 4.78 is 6.02. The average molecular weight is 342 g/mol. The van der Waals surface area contributed by atoms with Gasteiger partial charge in [0.2, 0.25) is 0 Å². The third kappa shape index (κ3) is 2.65. The van der Waals surface area contributed by atoms with Gasteiger partial charge >= 0.3 is 5.97 Å². The monoisotopic (exact) mass is 340 g/mol. The molecule has 6 heteroatoms. The summed E-state index contributed by atoms with van der Waals surface area (Å²) in [5, 5.41) is 0. The Morgan fingerprint density at radius 3 is 2.57 bits per heavy atom. The van der Waals surface area contributed by atoms with Crippen LogP contribution < -0.4 is 0 Å². The van der Waals surface area contributed by atoms with Gasteiger partial charge in [0, 0.05) is 0 Å². The number of rotatable bonds is 3. The van der Waals surface area contributed by atoms with Gasteiger partial charge in [-0.15, -0.1) is 11.3 Å². The van der Waals surface area contributed by atoms with Crippen LogP contribution in [-0.2, 0) is 9.53 Å². The van der Waals surface area contributed by atoms with Crippen molar-refractivity contribution in [3.05, 3.63) is 19.2 Å². The summed E-state index contributed by atoms with van der Waals surface area (Å²) in [6.07, 6.45) is 0. The van der Waals surface area contributed by atoms with E-state index in [2.05, 4.69) is 36.6 Å². The molecule has 0 aliphatic rings. The molecule has 0 saturated heterocycles. The Balaban J connectivity index is 2.89. The zero-order chi connectivity index (χ0) is 10.7. The van der Waals surface area contributed by atoms with E-state index in [1.54, 1.807) is 13.0 Å². The highest BCUT2D eigenvalue weighted by Gasteiger charge is 2.21. The SMILES string of the molecule is CCOC(=O)C(=O)c1cc(Br)sc1Br. The molecule has 14 heavy (non-hydrogen) atoms. The van der Waals surface area contributed by atoms with E-state index in [9.17, 15) is 9.59 Å². The second-order valence-electron chi connectivity index (χ2n) is 2.29. The first-order valence-corrected chi connectivity index (χ1v) is 6.12. The van der Waals surface area contributed by atoms with Crippen LogP contribution >= 0.6 is 43.2 Å². The predicted molar refractivity (Wildman–Crippen MR) is 60.7 cm³/mol. The van der Waals surface area contributed by atoms with Gasteiger partial charge in [-0.05, 0) is 44.8 Å². The first kappa shape index (κ1) is 11.9. The lowest BCUT2D eigenvalue weighted by atomic mass is 10.2. The Kier molecular flexibility index (Phi) is 4.28. The quantitative estimate of drug-likeness (QED) is 0.482. The van der Waals surface area contributed by atoms with E-state index in [-0.39, 0.29) is 6.61 Å². The molecule has 0 amide bonds. The molecule has 0 unspecified atom stereocenters. The molecule has 0 aromatic carbocycles.